The number of hydrogen-bond donors (Lipinski definition) is 2. The highest BCUT2D eigenvalue weighted by Gasteiger charge is 2.70. The van der Waals surface area contributed by atoms with Crippen molar-refractivity contribution in [2.24, 2.45) is 23.7 Å². The van der Waals surface area contributed by atoms with Crippen molar-refractivity contribution in [2.45, 2.75) is 37.5 Å². The average Bonchev–Trinajstić information content (AvgIpc) is 3.43. The fourth-order valence-electron chi connectivity index (χ4n) is 8.45. The first-order valence-electron chi connectivity index (χ1n) is 15.7. The summed E-state index contributed by atoms with van der Waals surface area (Å²) >= 11 is 6.32. The van der Waals surface area contributed by atoms with Gasteiger partial charge in [0.25, 0.3) is 11.8 Å². The average molecular weight is 658 g/mol. The largest absolute Gasteiger partial charge is 0.504 e. The summed E-state index contributed by atoms with van der Waals surface area (Å²) in [7, 11) is 1.43. The van der Waals surface area contributed by atoms with Crippen LogP contribution in [0.4, 0.5) is 10.1 Å². The van der Waals surface area contributed by atoms with Gasteiger partial charge in [-0.15, -0.1) is 0 Å². The molecular weight excluding hydrogens is 625 g/mol. The summed E-state index contributed by atoms with van der Waals surface area (Å²) in [6.45, 7) is 2.21. The molecule has 0 aromatic heterocycles. The van der Waals surface area contributed by atoms with Crippen LogP contribution in [-0.2, 0) is 24.6 Å². The number of imide groups is 2. The van der Waals surface area contributed by atoms with Crippen molar-refractivity contribution < 1.29 is 33.4 Å². The Morgan fingerprint density at radius 3 is 2.38 bits per heavy atom. The normalized spacial score (nSPS) is 28.2. The van der Waals surface area contributed by atoms with Crippen LogP contribution in [0, 0.1) is 29.5 Å². The lowest BCUT2D eigenvalue weighted by Gasteiger charge is -2.50. The lowest BCUT2D eigenvalue weighted by molar-refractivity contribution is -0.141. The summed E-state index contributed by atoms with van der Waals surface area (Å²) in [4.78, 5) is 58.5. The van der Waals surface area contributed by atoms with Crippen LogP contribution < -0.4 is 10.2 Å². The number of halogens is 2. The van der Waals surface area contributed by atoms with Crippen LogP contribution in [0.25, 0.3) is 0 Å². The molecule has 9 nitrogen and oxygen atoms in total. The number of allylic oxidation sites excluding steroid dienone is 2. The van der Waals surface area contributed by atoms with Gasteiger partial charge in [-0.1, -0.05) is 54.4 Å². The zero-order valence-corrected chi connectivity index (χ0v) is 26.5. The molecule has 0 unspecified atom stereocenters. The minimum absolute atomic E-state index is 0.113. The van der Waals surface area contributed by atoms with Crippen LogP contribution in [-0.4, -0.2) is 52.3 Å². The zero-order chi connectivity index (χ0) is 33.2. The Labute approximate surface area is 275 Å². The van der Waals surface area contributed by atoms with Crippen molar-refractivity contribution in [3.05, 3.63) is 100 Å². The predicted octanol–water partition coefficient (Wildman–Crippen LogP) is 5.59. The highest BCUT2D eigenvalue weighted by atomic mass is 35.5. The molecule has 4 amide bonds. The highest BCUT2D eigenvalue weighted by Crippen LogP contribution is 2.65. The number of phenols is 1. The van der Waals surface area contributed by atoms with E-state index in [0.29, 0.717) is 40.4 Å². The number of anilines is 1. The zero-order valence-electron chi connectivity index (χ0n) is 25.8. The first kappa shape index (κ1) is 30.9. The molecule has 1 saturated carbocycles. The highest BCUT2D eigenvalue weighted by molar-refractivity contribution is 6.30. The number of fused-ring (bicyclic) bond motifs is 4. The predicted molar refractivity (Wildman–Crippen MR) is 171 cm³/mol. The number of nitrogens with zero attached hydrogens (tertiary/aromatic N) is 2. The lowest BCUT2D eigenvalue weighted by Crippen LogP contribution is -2.53. The third-order valence-corrected chi connectivity index (χ3v) is 10.6. The summed E-state index contributed by atoms with van der Waals surface area (Å²) in [5.74, 6) is -5.89. The Morgan fingerprint density at radius 1 is 0.979 bits per heavy atom. The first-order chi connectivity index (χ1) is 22.6. The number of phenolic OH excluding ortho intramolecular Hbond substituents is 1. The lowest BCUT2D eigenvalue weighted by atomic mass is 9.49. The molecule has 2 aliphatic carbocycles. The number of hydrogen-bond acceptors (Lipinski definition) is 7. The summed E-state index contributed by atoms with van der Waals surface area (Å²) < 4.78 is 19.3. The van der Waals surface area contributed by atoms with Gasteiger partial charge in [0.2, 0.25) is 11.8 Å². The number of methoxy groups -OCH3 is 1. The van der Waals surface area contributed by atoms with Gasteiger partial charge in [-0.25, -0.2) is 4.39 Å². The minimum Gasteiger partial charge on any atom is -0.504 e. The van der Waals surface area contributed by atoms with Crippen molar-refractivity contribution in [2.75, 3.05) is 19.1 Å². The second-order valence-electron chi connectivity index (χ2n) is 12.6. The van der Waals surface area contributed by atoms with Gasteiger partial charge in [-0.2, -0.15) is 5.01 Å². The van der Waals surface area contributed by atoms with E-state index in [1.807, 2.05) is 13.0 Å². The van der Waals surface area contributed by atoms with Crippen molar-refractivity contribution in [3.8, 4) is 11.5 Å². The van der Waals surface area contributed by atoms with Crippen molar-refractivity contribution in [1.29, 1.82) is 0 Å². The van der Waals surface area contributed by atoms with Crippen LogP contribution in [0.5, 0.6) is 11.5 Å². The number of benzene rings is 3. The number of hydrazine groups is 1. The maximum absolute atomic E-state index is 15.1. The number of carbonyl (C=O) groups excluding carboxylic acids is 4. The molecule has 47 heavy (non-hydrogen) atoms. The molecule has 2 N–H and O–H groups in total. The first-order valence-corrected chi connectivity index (χ1v) is 16.1. The van der Waals surface area contributed by atoms with Gasteiger partial charge in [0.1, 0.15) is 5.82 Å². The third-order valence-electron chi connectivity index (χ3n) is 10.4. The molecule has 3 aromatic carbocycles. The van der Waals surface area contributed by atoms with E-state index in [2.05, 4.69) is 5.43 Å². The fourth-order valence-corrected chi connectivity index (χ4v) is 8.57. The second kappa shape index (κ2) is 11.5. The smallest absolute Gasteiger partial charge is 0.260 e. The van der Waals surface area contributed by atoms with Gasteiger partial charge in [0, 0.05) is 23.0 Å². The number of amides is 4. The third kappa shape index (κ3) is 4.48. The molecule has 3 aromatic rings. The molecular formula is C36H33ClFN3O6. The molecule has 6 atom stereocenters. The van der Waals surface area contributed by atoms with Gasteiger partial charge in [-0.3, -0.25) is 29.5 Å². The number of carbonyl (C=O) groups is 4. The molecule has 2 heterocycles. The Morgan fingerprint density at radius 2 is 1.70 bits per heavy atom. The van der Waals surface area contributed by atoms with Crippen LogP contribution in [0.2, 0.25) is 5.02 Å². The monoisotopic (exact) mass is 657 g/mol. The maximum Gasteiger partial charge on any atom is 0.260 e. The van der Waals surface area contributed by atoms with E-state index in [1.165, 1.54) is 36.3 Å². The Hall–Kier alpha value is -4.70. The fraction of sp³-hybridized carbons (Fsp3) is 0.333. The van der Waals surface area contributed by atoms with Gasteiger partial charge >= 0.3 is 0 Å². The molecule has 2 aliphatic heterocycles. The van der Waals surface area contributed by atoms with E-state index in [1.54, 1.807) is 42.5 Å². The van der Waals surface area contributed by atoms with E-state index in [4.69, 9.17) is 16.3 Å². The van der Waals surface area contributed by atoms with Gasteiger partial charge in [0.15, 0.2) is 11.5 Å². The Kier molecular flexibility index (Phi) is 7.58. The van der Waals surface area contributed by atoms with E-state index >= 15 is 4.79 Å². The molecule has 4 aliphatic rings. The van der Waals surface area contributed by atoms with Crippen LogP contribution in [0.15, 0.2) is 78.4 Å². The number of rotatable bonds is 7. The molecule has 2 saturated heterocycles. The topological polar surface area (TPSA) is 116 Å². The molecule has 0 bridgehead atoms. The Bertz CT molecular complexity index is 1830. The van der Waals surface area contributed by atoms with Crippen LogP contribution in [0.1, 0.15) is 43.2 Å². The van der Waals surface area contributed by atoms with E-state index in [9.17, 15) is 23.9 Å². The number of nitrogens with one attached hydrogen (secondary N) is 1. The number of aromatic hydroxyl groups is 1. The Balaban J connectivity index is 1.47. The van der Waals surface area contributed by atoms with Gasteiger partial charge in [-0.05, 0) is 73.2 Å². The maximum atomic E-state index is 15.1. The molecule has 7 rings (SSSR count). The summed E-state index contributed by atoms with van der Waals surface area (Å²) in [6.07, 6.45) is 2.94. The van der Waals surface area contributed by atoms with Crippen molar-refractivity contribution in [3.63, 3.8) is 0 Å². The number of para-hydroxylation sites is 1. The summed E-state index contributed by atoms with van der Waals surface area (Å²) in [6, 6.07) is 17.0. The van der Waals surface area contributed by atoms with E-state index in [-0.39, 0.29) is 36.2 Å². The van der Waals surface area contributed by atoms with E-state index in [0.717, 1.165) is 5.01 Å². The molecule has 3 fully saturated rings. The molecule has 242 valence electrons. The number of likely N-dealkylation sites (tertiary alicyclic amines) is 1. The number of ether oxygens (including phenoxy) is 1. The van der Waals surface area contributed by atoms with E-state index < -0.39 is 52.6 Å². The van der Waals surface area contributed by atoms with Crippen molar-refractivity contribution >= 4 is 40.9 Å². The van der Waals surface area contributed by atoms with Gasteiger partial charge < -0.3 is 9.84 Å². The standard InChI is InChI=1S/C36H33ClFN3O6/c1-3-17-40-32(43)24-16-15-23-26(29(24)34(40)45)18-27-33(44)41(39-22-13-11-21(38)12-14-22)35(46)36(27,19-7-9-20(37)10-8-19)30(23)25-5-4-6-28(47-2)31(25)42/h4-15,24,26-27,29-30,39,42H,3,16-18H2,1-2H3/t24-,26+,27-,29-,30+,36+/m0/s1. The SMILES string of the molecule is CCCN1C(=O)[C@H]2[C@H](CC=C3[C@H]2C[C@H]2C(=O)N(Nc4ccc(F)cc4)C(=O)[C@@]2(c2ccc(Cl)cc2)[C@H]3c2cccc(OC)c2O)C1=O. The quantitative estimate of drug-likeness (QED) is 0.251. The van der Waals surface area contributed by atoms with Crippen LogP contribution in [0.3, 0.4) is 0 Å². The van der Waals surface area contributed by atoms with Crippen LogP contribution >= 0.6 is 11.6 Å². The molecule has 0 radical (unpaired) electrons. The van der Waals surface area contributed by atoms with Gasteiger partial charge in [0.05, 0.1) is 36.0 Å². The minimum atomic E-state index is -1.59. The summed E-state index contributed by atoms with van der Waals surface area (Å²) in [5.41, 5.74) is 3.21. The molecule has 11 heteroatoms. The summed E-state index contributed by atoms with van der Waals surface area (Å²) in [5, 5.41) is 13.1. The second-order valence-corrected chi connectivity index (χ2v) is 13.0. The van der Waals surface area contributed by atoms with Crippen molar-refractivity contribution in [1.82, 2.24) is 9.91 Å². The molecule has 0 spiro atoms.